The molecule has 0 aromatic carbocycles. The first-order valence-electron chi connectivity index (χ1n) is 8.36. The van der Waals surface area contributed by atoms with Crippen molar-refractivity contribution >= 4 is 47.4 Å². The number of hydrogen-bond acceptors (Lipinski definition) is 4. The van der Waals surface area contributed by atoms with Gasteiger partial charge in [0.1, 0.15) is 6.54 Å². The Balaban J connectivity index is 0.00000338. The Hall–Kier alpha value is -1.85. The van der Waals surface area contributed by atoms with Crippen molar-refractivity contribution in [3.63, 3.8) is 0 Å². The monoisotopic (exact) mass is 477 g/mol. The van der Waals surface area contributed by atoms with E-state index in [0.717, 1.165) is 5.69 Å². The van der Waals surface area contributed by atoms with Crippen molar-refractivity contribution in [3.05, 3.63) is 12.4 Å². The highest BCUT2D eigenvalue weighted by molar-refractivity contribution is 14.0. The number of hydrogen-bond donors (Lipinski definition) is 2. The molecule has 0 radical (unpaired) electrons. The van der Waals surface area contributed by atoms with Crippen molar-refractivity contribution in [1.82, 2.24) is 20.0 Å². The van der Waals surface area contributed by atoms with Gasteiger partial charge in [-0.2, -0.15) is 5.10 Å². The van der Waals surface area contributed by atoms with Crippen LogP contribution in [-0.4, -0.2) is 65.2 Å². The van der Waals surface area contributed by atoms with E-state index in [9.17, 15) is 9.59 Å². The van der Waals surface area contributed by atoms with Gasteiger partial charge in [0.05, 0.1) is 23.8 Å². The fourth-order valence-electron chi connectivity index (χ4n) is 2.45. The Morgan fingerprint density at radius 1 is 1.42 bits per heavy atom. The summed E-state index contributed by atoms with van der Waals surface area (Å²) in [6.45, 7) is 7.83. The molecule has 0 spiro atoms. The van der Waals surface area contributed by atoms with Gasteiger partial charge in [0.2, 0.25) is 11.8 Å². The van der Waals surface area contributed by atoms with Crippen molar-refractivity contribution in [2.75, 3.05) is 37.6 Å². The molecule has 9 nitrogen and oxygen atoms in total. The van der Waals surface area contributed by atoms with E-state index in [4.69, 9.17) is 5.73 Å². The summed E-state index contributed by atoms with van der Waals surface area (Å²) in [5.41, 5.74) is 5.47. The van der Waals surface area contributed by atoms with Crippen LogP contribution in [0.3, 0.4) is 0 Å². The van der Waals surface area contributed by atoms with E-state index in [1.54, 1.807) is 29.6 Å². The maximum atomic E-state index is 12.5. The number of rotatable bonds is 5. The molecule has 1 saturated heterocycles. The van der Waals surface area contributed by atoms with Crippen LogP contribution in [0.25, 0.3) is 0 Å². The van der Waals surface area contributed by atoms with Crippen LogP contribution in [-0.2, 0) is 16.6 Å². The van der Waals surface area contributed by atoms with Crippen LogP contribution >= 0.6 is 24.0 Å². The molecule has 1 aliphatic heterocycles. The summed E-state index contributed by atoms with van der Waals surface area (Å²) < 4.78 is 1.67. The number of nitrogens with two attached hydrogens (primary N) is 1. The second-order valence-corrected chi connectivity index (χ2v) is 6.76. The minimum Gasteiger partial charge on any atom is -0.369 e. The Bertz CT molecular complexity index is 671. The molecule has 1 aromatic rings. The van der Waals surface area contributed by atoms with Crippen LogP contribution in [0, 0.1) is 5.41 Å². The van der Waals surface area contributed by atoms with Gasteiger partial charge in [-0.05, 0) is 20.8 Å². The van der Waals surface area contributed by atoms with Crippen LogP contribution in [0.15, 0.2) is 17.4 Å². The summed E-state index contributed by atoms with van der Waals surface area (Å²) >= 11 is 0. The molecule has 2 rings (SSSR count). The maximum Gasteiger partial charge on any atom is 0.246 e. The third-order valence-electron chi connectivity index (χ3n) is 4.15. The number of nitrogens with zero attached hydrogens (tertiary/aromatic N) is 5. The van der Waals surface area contributed by atoms with Crippen molar-refractivity contribution in [2.45, 2.75) is 20.8 Å². The van der Waals surface area contributed by atoms with Crippen molar-refractivity contribution in [3.8, 4) is 0 Å². The van der Waals surface area contributed by atoms with E-state index in [0.29, 0.717) is 25.6 Å². The Morgan fingerprint density at radius 3 is 2.62 bits per heavy atom. The number of carbonyl (C=O) groups excluding carboxylic acids is 2. The number of aliphatic imine (C=N–C) groups is 1. The molecule has 0 atom stereocenters. The van der Waals surface area contributed by atoms with Gasteiger partial charge in [-0.15, -0.1) is 24.0 Å². The minimum atomic E-state index is -0.734. The summed E-state index contributed by atoms with van der Waals surface area (Å²) in [6.07, 6.45) is 3.50. The third kappa shape index (κ3) is 5.32. The molecule has 26 heavy (non-hydrogen) atoms. The predicted octanol–water partition coefficient (Wildman–Crippen LogP) is 0.164. The molecular weight excluding hydrogens is 449 g/mol. The second-order valence-electron chi connectivity index (χ2n) is 6.76. The second kappa shape index (κ2) is 9.19. The number of amides is 2. The van der Waals surface area contributed by atoms with E-state index in [2.05, 4.69) is 15.4 Å². The zero-order valence-corrected chi connectivity index (χ0v) is 18.1. The fourth-order valence-corrected chi connectivity index (χ4v) is 2.45. The van der Waals surface area contributed by atoms with Crippen molar-refractivity contribution < 1.29 is 9.59 Å². The van der Waals surface area contributed by atoms with Crippen molar-refractivity contribution in [1.29, 1.82) is 0 Å². The van der Waals surface area contributed by atoms with Gasteiger partial charge in [-0.25, -0.2) is 0 Å². The highest BCUT2D eigenvalue weighted by atomic mass is 127. The average Bonchev–Trinajstić information content (AvgIpc) is 2.97. The standard InChI is InChI=1S/C16H27N7O2.HI/c1-5-18-15(19-11-16(2,3)14(17)25)22-6-7-23(13(24)10-22)12-8-20-21(4)9-12;/h8-9H,5-7,10-11H2,1-4H3,(H2,17,25)(H,18,19);1H. The first-order chi connectivity index (χ1) is 11.7. The van der Waals surface area contributed by atoms with Gasteiger partial charge in [0.25, 0.3) is 0 Å². The molecule has 10 heteroatoms. The highest BCUT2D eigenvalue weighted by Gasteiger charge is 2.29. The number of anilines is 1. The van der Waals surface area contributed by atoms with Gasteiger partial charge in [-0.3, -0.25) is 19.3 Å². The average molecular weight is 477 g/mol. The molecule has 1 fully saturated rings. The van der Waals surface area contributed by atoms with E-state index in [1.807, 2.05) is 25.1 Å². The maximum absolute atomic E-state index is 12.5. The highest BCUT2D eigenvalue weighted by Crippen LogP contribution is 2.17. The Labute approximate surface area is 171 Å². The number of aromatic nitrogens is 2. The molecule has 0 aliphatic carbocycles. The van der Waals surface area contributed by atoms with Gasteiger partial charge in [0.15, 0.2) is 5.96 Å². The molecular formula is C16H28IN7O2. The molecule has 2 heterocycles. The van der Waals surface area contributed by atoms with Crippen LogP contribution in [0.4, 0.5) is 5.69 Å². The number of primary amides is 1. The molecule has 2 amide bonds. The van der Waals surface area contributed by atoms with Crippen LogP contribution < -0.4 is 16.0 Å². The minimum absolute atomic E-state index is 0. The van der Waals surface area contributed by atoms with Crippen LogP contribution in [0.5, 0.6) is 0 Å². The zero-order valence-electron chi connectivity index (χ0n) is 15.7. The van der Waals surface area contributed by atoms with E-state index in [1.165, 1.54) is 0 Å². The number of halogens is 1. The summed E-state index contributed by atoms with van der Waals surface area (Å²) in [6, 6.07) is 0. The number of guanidine groups is 1. The molecule has 3 N–H and O–H groups in total. The lowest BCUT2D eigenvalue weighted by molar-refractivity contribution is -0.125. The number of nitrogens with one attached hydrogen (secondary N) is 1. The Morgan fingerprint density at radius 2 is 2.12 bits per heavy atom. The SMILES string of the molecule is CCNC(=NCC(C)(C)C(N)=O)N1CCN(c2cnn(C)c2)C(=O)C1.I. The first kappa shape index (κ1) is 22.2. The Kier molecular flexibility index (Phi) is 7.85. The number of piperazine rings is 1. The summed E-state index contributed by atoms with van der Waals surface area (Å²) in [4.78, 5) is 32.1. The van der Waals surface area contributed by atoms with Gasteiger partial charge < -0.3 is 20.9 Å². The third-order valence-corrected chi connectivity index (χ3v) is 4.15. The molecule has 146 valence electrons. The number of carbonyl (C=O) groups is 2. The molecule has 1 aliphatic rings. The summed E-state index contributed by atoms with van der Waals surface area (Å²) in [5.74, 6) is 0.208. The lowest BCUT2D eigenvalue weighted by Crippen LogP contribution is -2.55. The largest absolute Gasteiger partial charge is 0.369 e. The molecule has 0 bridgehead atoms. The van der Waals surface area contributed by atoms with Gasteiger partial charge >= 0.3 is 0 Å². The van der Waals surface area contributed by atoms with E-state index < -0.39 is 11.3 Å². The van der Waals surface area contributed by atoms with Crippen molar-refractivity contribution in [2.24, 2.45) is 23.2 Å². The van der Waals surface area contributed by atoms with Gasteiger partial charge in [-0.1, -0.05) is 0 Å². The smallest absolute Gasteiger partial charge is 0.246 e. The normalized spacial score (nSPS) is 15.7. The zero-order chi connectivity index (χ0) is 18.6. The fraction of sp³-hybridized carbons (Fsp3) is 0.625. The summed E-state index contributed by atoms with van der Waals surface area (Å²) in [5, 5.41) is 7.29. The topological polar surface area (TPSA) is 109 Å². The number of aryl methyl sites for hydroxylation is 1. The van der Waals surface area contributed by atoms with E-state index >= 15 is 0 Å². The predicted molar refractivity (Wildman–Crippen MR) is 112 cm³/mol. The lowest BCUT2D eigenvalue weighted by atomic mass is 9.93. The van der Waals surface area contributed by atoms with E-state index in [-0.39, 0.29) is 43.0 Å². The first-order valence-corrected chi connectivity index (χ1v) is 8.36. The lowest BCUT2D eigenvalue weighted by Gasteiger charge is -2.35. The quantitative estimate of drug-likeness (QED) is 0.357. The van der Waals surface area contributed by atoms with Gasteiger partial charge in [0, 0.05) is 32.9 Å². The molecule has 0 unspecified atom stereocenters. The van der Waals surface area contributed by atoms with Crippen LogP contribution in [0.1, 0.15) is 20.8 Å². The van der Waals surface area contributed by atoms with Crippen LogP contribution in [0.2, 0.25) is 0 Å². The molecule has 1 aromatic heterocycles. The molecule has 0 saturated carbocycles. The summed E-state index contributed by atoms with van der Waals surface area (Å²) in [7, 11) is 1.82.